The maximum Gasteiger partial charge on any atom is 0.278 e. The lowest BCUT2D eigenvalue weighted by molar-refractivity contribution is 0.0460. The van der Waals surface area contributed by atoms with Gasteiger partial charge >= 0.3 is 0 Å². The minimum Gasteiger partial charge on any atom is -0.332 e. The molecule has 4 heterocycles. The maximum absolute atomic E-state index is 13.1. The third-order valence-corrected chi connectivity index (χ3v) is 5.71. The summed E-state index contributed by atoms with van der Waals surface area (Å²) in [6.07, 6.45) is 4.94. The number of hydrogen-bond acceptors (Lipinski definition) is 5. The minimum absolute atomic E-state index is 0.00285. The first kappa shape index (κ1) is 14.2. The summed E-state index contributed by atoms with van der Waals surface area (Å²) >= 11 is 0. The van der Waals surface area contributed by atoms with Crippen molar-refractivity contribution in [1.82, 2.24) is 24.6 Å². The monoisotopic (exact) mass is 347 g/mol. The van der Waals surface area contributed by atoms with Crippen molar-refractivity contribution in [2.75, 3.05) is 6.54 Å². The van der Waals surface area contributed by atoms with Crippen LogP contribution in [-0.4, -0.2) is 37.0 Å². The molecule has 6 rings (SSSR count). The first-order valence-corrected chi connectivity index (χ1v) is 9.04. The van der Waals surface area contributed by atoms with Crippen molar-refractivity contribution in [3.63, 3.8) is 0 Å². The third-order valence-electron chi connectivity index (χ3n) is 5.71. The average Bonchev–Trinajstić information content (AvgIpc) is 3.19. The van der Waals surface area contributed by atoms with E-state index in [4.69, 9.17) is 4.52 Å². The van der Waals surface area contributed by atoms with Gasteiger partial charge in [0.15, 0.2) is 11.5 Å². The van der Waals surface area contributed by atoms with Crippen molar-refractivity contribution in [1.29, 1.82) is 0 Å². The zero-order valence-corrected chi connectivity index (χ0v) is 14.3. The van der Waals surface area contributed by atoms with Gasteiger partial charge in [-0.3, -0.25) is 9.36 Å². The van der Waals surface area contributed by atoms with Crippen LogP contribution in [0.2, 0.25) is 0 Å². The van der Waals surface area contributed by atoms with Gasteiger partial charge in [-0.15, -0.1) is 0 Å². The van der Waals surface area contributed by atoms with Crippen LogP contribution in [0.4, 0.5) is 0 Å². The number of amides is 1. The van der Waals surface area contributed by atoms with Gasteiger partial charge in [0.2, 0.25) is 0 Å². The molecule has 1 atom stereocenters. The van der Waals surface area contributed by atoms with E-state index in [0.29, 0.717) is 17.5 Å². The Bertz CT molecular complexity index is 1060. The molecule has 1 saturated heterocycles. The van der Waals surface area contributed by atoms with Crippen LogP contribution in [0.1, 0.15) is 58.7 Å². The normalized spacial score (nSPS) is 20.9. The van der Waals surface area contributed by atoms with Crippen molar-refractivity contribution in [3.8, 4) is 17.3 Å². The molecule has 7 nitrogen and oxygen atoms in total. The molecule has 2 aromatic heterocycles. The van der Waals surface area contributed by atoms with E-state index in [1.165, 1.54) is 0 Å². The molecule has 1 aliphatic carbocycles. The Morgan fingerprint density at radius 1 is 1.23 bits per heavy atom. The van der Waals surface area contributed by atoms with E-state index < -0.39 is 0 Å². The van der Waals surface area contributed by atoms with Crippen LogP contribution < -0.4 is 0 Å². The molecule has 0 bridgehead atoms. The summed E-state index contributed by atoms with van der Waals surface area (Å²) in [7, 11) is 0. The van der Waals surface area contributed by atoms with E-state index in [9.17, 15) is 4.79 Å². The summed E-state index contributed by atoms with van der Waals surface area (Å²) in [5.74, 6) is 1.75. The third kappa shape index (κ3) is 1.77. The number of nitrogens with zero attached hydrogens (tertiary/aromatic N) is 5. The Hall–Kier alpha value is -2.96. The topological polar surface area (TPSA) is 77.1 Å². The number of rotatable bonds is 2. The Kier molecular flexibility index (Phi) is 2.63. The first-order valence-electron chi connectivity index (χ1n) is 9.04. The average molecular weight is 347 g/mol. The van der Waals surface area contributed by atoms with Crippen LogP contribution in [-0.2, 0) is 0 Å². The number of aryl methyl sites for hydroxylation is 1. The molecule has 3 aliphatic rings. The highest BCUT2D eigenvalue weighted by Crippen LogP contribution is 2.44. The highest BCUT2D eigenvalue weighted by atomic mass is 16.5. The van der Waals surface area contributed by atoms with Crippen LogP contribution >= 0.6 is 0 Å². The minimum atomic E-state index is 0.00285. The number of carbonyl (C=O) groups excluding carboxylic acids is 1. The number of carbonyl (C=O) groups is 1. The van der Waals surface area contributed by atoms with Gasteiger partial charge in [0, 0.05) is 12.5 Å². The van der Waals surface area contributed by atoms with Crippen LogP contribution in [0.5, 0.6) is 0 Å². The predicted octanol–water partition coefficient (Wildman–Crippen LogP) is 3.01. The van der Waals surface area contributed by atoms with Crippen LogP contribution in [0.15, 0.2) is 29.0 Å². The summed E-state index contributed by atoms with van der Waals surface area (Å²) in [5, 5.41) is 4.13. The van der Waals surface area contributed by atoms with E-state index in [0.717, 1.165) is 54.1 Å². The van der Waals surface area contributed by atoms with Gasteiger partial charge in [0.1, 0.15) is 6.33 Å². The highest BCUT2D eigenvalue weighted by Gasteiger charge is 2.43. The molecular formula is C19H17N5O2. The Labute approximate surface area is 149 Å². The second kappa shape index (κ2) is 4.81. The second-order valence-electron chi connectivity index (χ2n) is 7.35. The zero-order chi connectivity index (χ0) is 17.4. The molecule has 0 unspecified atom stereocenters. The molecule has 26 heavy (non-hydrogen) atoms. The van der Waals surface area contributed by atoms with Crippen molar-refractivity contribution in [2.45, 2.75) is 38.1 Å². The molecule has 1 aromatic carbocycles. The highest BCUT2D eigenvalue weighted by molar-refractivity contribution is 6.00. The maximum atomic E-state index is 13.1. The van der Waals surface area contributed by atoms with E-state index in [-0.39, 0.29) is 11.9 Å². The lowest BCUT2D eigenvalue weighted by Crippen LogP contribution is -2.44. The fraction of sp³-hybridized carbons (Fsp3) is 0.368. The quantitative estimate of drug-likeness (QED) is 0.712. The van der Waals surface area contributed by atoms with Gasteiger partial charge in [-0.1, -0.05) is 17.3 Å². The van der Waals surface area contributed by atoms with Gasteiger partial charge < -0.3 is 9.42 Å². The Morgan fingerprint density at radius 3 is 2.88 bits per heavy atom. The van der Waals surface area contributed by atoms with Crippen LogP contribution in [0.25, 0.3) is 17.3 Å². The molecule has 2 fully saturated rings. The zero-order valence-electron chi connectivity index (χ0n) is 14.3. The molecular weight excluding hydrogens is 330 g/mol. The lowest BCUT2D eigenvalue weighted by atomic mass is 9.97. The smallest absolute Gasteiger partial charge is 0.278 e. The van der Waals surface area contributed by atoms with Crippen LogP contribution in [0, 0.1) is 6.92 Å². The van der Waals surface area contributed by atoms with Gasteiger partial charge in [0.25, 0.3) is 11.8 Å². The van der Waals surface area contributed by atoms with E-state index in [2.05, 4.69) is 15.1 Å². The van der Waals surface area contributed by atoms with Gasteiger partial charge in [-0.25, -0.2) is 4.98 Å². The summed E-state index contributed by atoms with van der Waals surface area (Å²) in [4.78, 5) is 24.2. The Morgan fingerprint density at radius 2 is 2.12 bits per heavy atom. The van der Waals surface area contributed by atoms with Gasteiger partial charge in [-0.05, 0) is 37.8 Å². The molecule has 2 aliphatic heterocycles. The fourth-order valence-corrected chi connectivity index (χ4v) is 4.06. The number of imidazole rings is 1. The standard InChI is InChI=1S/C19H17N5O2/c1-10-3-2-4-12-14(10)19(25)23-8-7-13(23)16-15(20-9-24(12)16)18-21-17(22-26-18)11-5-6-11/h2-4,9,11,13H,5-8H2,1H3/t13-/m0/s1. The molecule has 0 radical (unpaired) electrons. The molecule has 1 saturated carbocycles. The van der Waals surface area contributed by atoms with E-state index in [1.54, 1.807) is 6.33 Å². The van der Waals surface area contributed by atoms with Crippen molar-refractivity contribution >= 4 is 5.91 Å². The van der Waals surface area contributed by atoms with Crippen LogP contribution in [0.3, 0.4) is 0 Å². The lowest BCUT2D eigenvalue weighted by Gasteiger charge is -2.39. The molecule has 0 spiro atoms. The van der Waals surface area contributed by atoms with Crippen molar-refractivity contribution in [2.24, 2.45) is 0 Å². The molecule has 130 valence electrons. The second-order valence-corrected chi connectivity index (χ2v) is 7.35. The van der Waals surface area contributed by atoms with E-state index in [1.807, 2.05) is 34.6 Å². The number of aromatic nitrogens is 4. The summed E-state index contributed by atoms with van der Waals surface area (Å²) in [6, 6.07) is 5.94. The summed E-state index contributed by atoms with van der Waals surface area (Å²) in [5.41, 5.74) is 4.28. The largest absolute Gasteiger partial charge is 0.332 e. The summed E-state index contributed by atoms with van der Waals surface area (Å²) in [6.45, 7) is 2.74. The van der Waals surface area contributed by atoms with Crippen molar-refractivity contribution in [3.05, 3.63) is 47.2 Å². The van der Waals surface area contributed by atoms with Gasteiger partial charge in [0.05, 0.1) is 23.0 Å². The number of hydrogen-bond donors (Lipinski definition) is 0. The first-order chi connectivity index (χ1) is 12.7. The Balaban J connectivity index is 1.58. The summed E-state index contributed by atoms with van der Waals surface area (Å²) < 4.78 is 7.55. The number of benzene rings is 1. The SMILES string of the molecule is Cc1cccc2c1C(=O)N1CC[C@H]1c1c(-c3nc(C4CC4)no3)ncn1-2. The van der Waals surface area contributed by atoms with E-state index >= 15 is 0 Å². The van der Waals surface area contributed by atoms with Crippen molar-refractivity contribution < 1.29 is 9.32 Å². The van der Waals surface area contributed by atoms with Gasteiger partial charge in [-0.2, -0.15) is 4.98 Å². The molecule has 3 aromatic rings. The molecule has 0 N–H and O–H groups in total. The fourth-order valence-electron chi connectivity index (χ4n) is 4.06. The molecule has 7 heteroatoms. The number of fused-ring (bicyclic) bond motifs is 5. The predicted molar refractivity (Wildman–Crippen MR) is 92.0 cm³/mol. The molecule has 1 amide bonds.